The number of methoxy groups -OCH3 is 1. The Morgan fingerprint density at radius 3 is 0.983 bits per heavy atom. The molecule has 0 radical (unpaired) electrons. The molecule has 31 nitrogen and oxygen atoms in total. The maximum absolute atomic E-state index is 13.2. The lowest BCUT2D eigenvalue weighted by Gasteiger charge is -2.38. The number of carboxylic acids is 1. The number of anilines is 2. The molecule has 117 heavy (non-hydrogen) atoms. The van der Waals surface area contributed by atoms with Crippen molar-refractivity contribution < 1.29 is 97.8 Å². The second-order valence-electron chi connectivity index (χ2n) is 33.1. The predicted molar refractivity (Wildman–Crippen MR) is 448 cm³/mol. The highest BCUT2D eigenvalue weighted by Crippen LogP contribution is 2.43. The van der Waals surface area contributed by atoms with Crippen LogP contribution in [0.1, 0.15) is 186 Å². The number of aliphatic hydroxyl groups excluding tert-OH is 1. The van der Waals surface area contributed by atoms with Crippen molar-refractivity contribution in [1.29, 1.82) is 0 Å². The van der Waals surface area contributed by atoms with Crippen molar-refractivity contribution >= 4 is 136 Å². The number of carbonyl (C=O) groups excluding carboxylic acids is 3. The number of nitrogens with one attached hydrogen (secondary N) is 2. The SMILES string of the molecule is CC(C)(C)[Si](C)(C)O[C@@H]1CC[C@@H](O/N=C(/C(=O)O)c2ccc(S(=O)(=O)C3CC3)cc2)C1.COC(=O)/C(=N/O)c1ccc(S(=O)(=O)C2CC2)cc1.Cc1nsc(NC(=O)/C(=N/O[C@@H]2CC[C@@H](O)C2)c2ccc(S(=O)(=O)C3CC3)cc2)n1.Cc1nsc(NC(=O)/C(=N/O[C@@H]2CC[C@@H](O[Si](C)(C)C(C)(C)C)C2)c2ccc(S(=O)(=O)C3CC3)cc2)n1.[2H-]. The third-order valence-electron chi connectivity index (χ3n) is 21.7. The van der Waals surface area contributed by atoms with Gasteiger partial charge in [0.2, 0.25) is 10.3 Å². The van der Waals surface area contributed by atoms with E-state index in [1.165, 1.54) is 79.9 Å². The molecule has 2 heterocycles. The van der Waals surface area contributed by atoms with Gasteiger partial charge in [0.1, 0.15) is 30.0 Å². The zero-order valence-corrected chi connectivity index (χ0v) is 74.6. The second-order valence-corrected chi connectivity index (χ2v) is 53.0. The van der Waals surface area contributed by atoms with Gasteiger partial charge in [-0.1, -0.05) is 111 Å². The van der Waals surface area contributed by atoms with Crippen LogP contribution >= 0.6 is 23.1 Å². The molecule has 0 unspecified atom stereocenters. The Balaban J connectivity index is 0.000000183. The largest absolute Gasteiger partial charge is 1.00 e. The molecule has 7 aliphatic carbocycles. The van der Waals surface area contributed by atoms with Gasteiger partial charge in [-0.25, -0.2) is 53.2 Å². The van der Waals surface area contributed by atoms with E-state index in [9.17, 15) is 63.1 Å². The number of carboxylic acid groups (broad SMARTS) is 1. The van der Waals surface area contributed by atoms with E-state index >= 15 is 0 Å². The number of aryl methyl sites for hydroxylation is 2. The van der Waals surface area contributed by atoms with E-state index in [0.717, 1.165) is 48.7 Å². The van der Waals surface area contributed by atoms with E-state index in [2.05, 4.69) is 122 Å². The van der Waals surface area contributed by atoms with Gasteiger partial charge in [-0.15, -0.1) is 0 Å². The number of ether oxygens (including phenoxy) is 1. The molecule has 7 aliphatic rings. The van der Waals surface area contributed by atoms with Crippen LogP contribution < -0.4 is 10.6 Å². The van der Waals surface area contributed by atoms with Crippen LogP contribution in [-0.4, -0.2) is 196 Å². The predicted octanol–water partition coefficient (Wildman–Crippen LogP) is 12.6. The topological polar surface area (TPSA) is 446 Å². The highest BCUT2D eigenvalue weighted by Gasteiger charge is 2.45. The number of amides is 2. The number of aromatic nitrogens is 4. The molecule has 0 bridgehead atoms. The van der Waals surface area contributed by atoms with E-state index in [4.69, 9.17) is 28.6 Å². The first kappa shape index (κ1) is 91.2. The maximum Gasteiger partial charge on any atom is 0.360 e. The van der Waals surface area contributed by atoms with Crippen molar-refractivity contribution in [2.45, 2.75) is 278 Å². The zero-order valence-electron chi connectivity index (χ0n) is 68.7. The van der Waals surface area contributed by atoms with Crippen LogP contribution in [0, 0.1) is 13.8 Å². The average molecular weight is 1770 g/mol. The lowest BCUT2D eigenvalue weighted by Crippen LogP contribution is -2.43. The van der Waals surface area contributed by atoms with Crippen LogP contribution in [-0.2, 0) is 86.6 Å². The first-order chi connectivity index (χ1) is 54.9. The maximum atomic E-state index is 13.2. The van der Waals surface area contributed by atoms with E-state index in [1.54, 1.807) is 38.1 Å². The number of hydrogen-bond acceptors (Lipinski definition) is 30. The molecule has 0 spiro atoms. The molecule has 5 N–H and O–H groups in total. The number of oxime groups is 4. The summed E-state index contributed by atoms with van der Waals surface area (Å²) >= 11 is 2.13. The minimum absolute atomic E-state index is 0. The molecule has 2 amide bonds. The van der Waals surface area contributed by atoms with Crippen molar-refractivity contribution in [2.75, 3.05) is 17.7 Å². The van der Waals surface area contributed by atoms with Gasteiger partial charge in [0, 0.05) is 76.8 Å². The van der Waals surface area contributed by atoms with Crippen LogP contribution in [0.25, 0.3) is 0 Å². The molecule has 6 aromatic rings. The van der Waals surface area contributed by atoms with Gasteiger partial charge in [0.05, 0.1) is 53.8 Å². The summed E-state index contributed by atoms with van der Waals surface area (Å²) in [5.41, 5.74) is 1.04. The average Bonchev–Trinajstić information content (AvgIpc) is 1.62. The molecular formula is C78H105N10O21S6Si2-. The summed E-state index contributed by atoms with van der Waals surface area (Å²) in [7, 11) is -15.8. The van der Waals surface area contributed by atoms with E-state index < -0.39 is 85.8 Å². The van der Waals surface area contributed by atoms with Gasteiger partial charge in [-0.3, -0.25) is 20.2 Å². The number of aliphatic carboxylic acids is 1. The number of carbonyl (C=O) groups is 4. The number of sulfone groups is 4. The minimum atomic E-state index is -3.33. The Morgan fingerprint density at radius 1 is 0.444 bits per heavy atom. The first-order valence-electron chi connectivity index (χ1n) is 38.8. The molecule has 2 aromatic heterocycles. The van der Waals surface area contributed by atoms with Crippen molar-refractivity contribution in [3.63, 3.8) is 0 Å². The summed E-state index contributed by atoms with van der Waals surface area (Å²) in [6, 6.07) is 23.8. The Bertz CT molecular complexity index is 5160. The number of benzene rings is 4. The fourth-order valence-electron chi connectivity index (χ4n) is 12.3. The third kappa shape index (κ3) is 24.1. The van der Waals surface area contributed by atoms with Crippen molar-refractivity contribution in [3.05, 3.63) is 131 Å². The summed E-state index contributed by atoms with van der Waals surface area (Å²) in [4.78, 5) is 75.2. The zero-order chi connectivity index (χ0) is 85.4. The number of nitrogens with zero attached hydrogens (tertiary/aromatic N) is 8. The third-order valence-corrected chi connectivity index (χ3v) is 41.4. The molecule has 7 fully saturated rings. The Kier molecular flexibility index (Phi) is 29.4. The van der Waals surface area contributed by atoms with Crippen LogP contribution in [0.2, 0.25) is 36.3 Å². The van der Waals surface area contributed by atoms with Crippen LogP contribution in [0.3, 0.4) is 0 Å². The fraction of sp³-hybridized carbons (Fsp3) is 0.538. The molecular weight excluding hydrogens is 1660 g/mol. The normalized spacial score (nSPS) is 21.1. The number of esters is 1. The highest BCUT2D eigenvalue weighted by atomic mass is 32.2. The smallest absolute Gasteiger partial charge is 0.360 e. The van der Waals surface area contributed by atoms with Crippen molar-refractivity contribution in [2.24, 2.45) is 20.6 Å². The minimum Gasteiger partial charge on any atom is -1.00 e. The van der Waals surface area contributed by atoms with E-state index in [0.29, 0.717) is 128 Å². The molecule has 638 valence electrons. The Hall–Kier alpha value is -8.13. The molecule has 0 aliphatic heterocycles. The first-order valence-corrected chi connectivity index (χ1v) is 52.3. The standard InChI is InChI=1S/C25H36N4O5S2Si.C22H33NO6SSi.C19H22N4O5S2.C12H13NO5S.H/c1-16-26-24(35-29-16)27-23(30)22(17-7-11-20(12-8-17)36(31,32)21-13-14-21)28-33-18-9-10-19(15-18)34-37(5,6)25(2,3)4;1-22(2,3)31(4,5)29-17-9-8-16(14-17)28-23-20(21(24)25)15-6-10-18(11-7-15)30(26,27)19-12-13-19;1-11-20-19(29-23-11)21-18(25)17(22-28-14-5-4-13(24)10-14)12-2-6-15(7-3-12)30(26,27)16-8-9-16;1-18-12(14)11(13-15)8-2-4-9(5-3-8)19(16,17)10-6-7-10;/h7-8,11-12,18-19,21H,9-10,13-15H2,1-6H3,(H,26,27,29,30);6-7,10-11,16-17,19H,8-9,12-14H2,1-5H3,(H,24,25);2-3,6-7,13-14,16,24H,4-5,8-10H2,1H3,(H,20,21,23,25);2-5,10,15H,6-7H2,1H3;/q;;;;-1/b28-22+;23-20+;22-17+;13-11+;/t18-,19-;16-,17-;13-,14-;;/m111../s1/i;;;;1+1. The van der Waals surface area contributed by atoms with Gasteiger partial charge < -0.3 is 44.9 Å². The molecule has 39 heteroatoms. The number of rotatable bonds is 28. The quantitative estimate of drug-likeness (QED) is 0.0100. The molecule has 6 atom stereocenters. The van der Waals surface area contributed by atoms with Crippen molar-refractivity contribution in [3.8, 4) is 0 Å². The number of aliphatic hydroxyl groups is 1. The van der Waals surface area contributed by atoms with Gasteiger partial charge >= 0.3 is 11.9 Å². The van der Waals surface area contributed by atoms with Crippen LogP contribution in [0.15, 0.2) is 137 Å². The Morgan fingerprint density at radius 2 is 0.726 bits per heavy atom. The van der Waals surface area contributed by atoms with Gasteiger partial charge in [-0.05, 0) is 189 Å². The van der Waals surface area contributed by atoms with Gasteiger partial charge in [0.15, 0.2) is 78.8 Å². The van der Waals surface area contributed by atoms with Crippen LogP contribution in [0.5, 0.6) is 0 Å². The molecule has 7 saturated carbocycles. The molecule has 13 rings (SSSR count). The number of hydrogen-bond donors (Lipinski definition) is 5. The van der Waals surface area contributed by atoms with E-state index in [1.807, 2.05) is 0 Å². The summed E-state index contributed by atoms with van der Waals surface area (Å²) in [6.45, 7) is 25.6. The summed E-state index contributed by atoms with van der Waals surface area (Å²) in [6.07, 6.45) is 11.0. The molecule has 0 saturated heterocycles. The lowest BCUT2D eigenvalue weighted by molar-refractivity contribution is -0.133. The molecule has 4 aromatic carbocycles. The fourth-order valence-corrected chi connectivity index (χ4v) is 22.8. The summed E-state index contributed by atoms with van der Waals surface area (Å²) in [5.74, 6) is -1.95. The van der Waals surface area contributed by atoms with Crippen LogP contribution in [0.4, 0.5) is 10.3 Å². The van der Waals surface area contributed by atoms with Gasteiger partial charge in [0.25, 0.3) is 11.8 Å². The lowest BCUT2D eigenvalue weighted by atomic mass is 10.1. The Labute approximate surface area is 695 Å². The monoisotopic (exact) mass is 1770 g/mol. The van der Waals surface area contributed by atoms with Gasteiger partial charge in [-0.2, -0.15) is 8.75 Å². The van der Waals surface area contributed by atoms with E-state index in [-0.39, 0.29) is 105 Å². The summed E-state index contributed by atoms with van der Waals surface area (Å²) in [5, 5.41) is 48.2. The summed E-state index contributed by atoms with van der Waals surface area (Å²) < 4.78 is 124. The van der Waals surface area contributed by atoms with Crippen molar-refractivity contribution in [1.82, 2.24) is 18.7 Å². The highest BCUT2D eigenvalue weighted by molar-refractivity contribution is 7.93. The second kappa shape index (κ2) is 37.7.